The number of benzene rings is 1. The van der Waals surface area contributed by atoms with Gasteiger partial charge in [-0.3, -0.25) is 4.68 Å². The van der Waals surface area contributed by atoms with Gasteiger partial charge in [-0.2, -0.15) is 5.10 Å². The Morgan fingerprint density at radius 3 is 3.05 bits per heavy atom. The van der Waals surface area contributed by atoms with Crippen molar-refractivity contribution >= 4 is 15.9 Å². The van der Waals surface area contributed by atoms with Crippen LogP contribution in [0.15, 0.2) is 28.9 Å². The number of nitrogens with zero attached hydrogens (tertiary/aromatic N) is 2. The van der Waals surface area contributed by atoms with E-state index in [2.05, 4.69) is 26.3 Å². The Hall–Kier alpha value is -1.53. The molecule has 1 N–H and O–H groups in total. The van der Waals surface area contributed by atoms with Crippen molar-refractivity contribution in [2.45, 2.75) is 13.1 Å². The molecule has 0 fully saturated rings. The van der Waals surface area contributed by atoms with E-state index in [-0.39, 0.29) is 0 Å². The molecule has 0 bridgehead atoms. The molecule has 1 aliphatic heterocycles. The standard InChI is InChI=1S/C13H14BrN3O2/c1-17-10(2-3-16-17)7-15-6-9-4-11(14)13-12(5-9)18-8-19-13/h2-5,15H,6-8H2,1H3. The van der Waals surface area contributed by atoms with E-state index in [1.54, 1.807) is 6.20 Å². The number of halogens is 1. The minimum absolute atomic E-state index is 0.292. The Morgan fingerprint density at radius 2 is 2.26 bits per heavy atom. The number of ether oxygens (including phenoxy) is 2. The van der Waals surface area contributed by atoms with Crippen molar-refractivity contribution in [1.82, 2.24) is 15.1 Å². The molecule has 0 unspecified atom stereocenters. The summed E-state index contributed by atoms with van der Waals surface area (Å²) in [4.78, 5) is 0. The predicted molar refractivity (Wildman–Crippen MR) is 74.0 cm³/mol. The maximum Gasteiger partial charge on any atom is 0.231 e. The van der Waals surface area contributed by atoms with Gasteiger partial charge in [-0.15, -0.1) is 0 Å². The molecule has 0 saturated heterocycles. The molecule has 0 atom stereocenters. The van der Waals surface area contributed by atoms with Crippen LogP contribution in [0.4, 0.5) is 0 Å². The quantitative estimate of drug-likeness (QED) is 0.937. The van der Waals surface area contributed by atoms with Gasteiger partial charge in [0.05, 0.1) is 10.2 Å². The third kappa shape index (κ3) is 2.59. The number of aromatic nitrogens is 2. The largest absolute Gasteiger partial charge is 0.454 e. The average molecular weight is 324 g/mol. The Kier molecular flexibility index (Phi) is 3.44. The first-order chi connectivity index (χ1) is 9.24. The summed E-state index contributed by atoms with van der Waals surface area (Å²) in [5.41, 5.74) is 2.30. The summed E-state index contributed by atoms with van der Waals surface area (Å²) in [7, 11) is 1.94. The zero-order chi connectivity index (χ0) is 13.2. The van der Waals surface area contributed by atoms with Gasteiger partial charge in [-0.1, -0.05) is 0 Å². The minimum atomic E-state index is 0.292. The number of hydrogen-bond donors (Lipinski definition) is 1. The Morgan fingerprint density at radius 1 is 1.37 bits per heavy atom. The van der Waals surface area contributed by atoms with Crippen LogP contribution >= 0.6 is 15.9 Å². The summed E-state index contributed by atoms with van der Waals surface area (Å²) >= 11 is 3.49. The fraction of sp³-hybridized carbons (Fsp3) is 0.308. The van der Waals surface area contributed by atoms with Crippen molar-refractivity contribution in [1.29, 1.82) is 0 Å². The lowest BCUT2D eigenvalue weighted by Crippen LogP contribution is -2.15. The summed E-state index contributed by atoms with van der Waals surface area (Å²) in [5, 5.41) is 7.52. The van der Waals surface area contributed by atoms with Gasteiger partial charge in [0.2, 0.25) is 6.79 Å². The van der Waals surface area contributed by atoms with Crippen LogP contribution in [0.1, 0.15) is 11.3 Å². The lowest BCUT2D eigenvalue weighted by atomic mass is 10.2. The van der Waals surface area contributed by atoms with Crippen LogP contribution in [0.5, 0.6) is 11.5 Å². The van der Waals surface area contributed by atoms with Gasteiger partial charge in [0.1, 0.15) is 0 Å². The summed E-state index contributed by atoms with van der Waals surface area (Å²) < 4.78 is 13.6. The molecule has 3 rings (SSSR count). The summed E-state index contributed by atoms with van der Waals surface area (Å²) in [6.07, 6.45) is 1.80. The van der Waals surface area contributed by atoms with E-state index in [9.17, 15) is 0 Å². The molecule has 0 spiro atoms. The third-order valence-corrected chi connectivity index (χ3v) is 3.63. The van der Waals surface area contributed by atoms with Crippen LogP contribution in [0.3, 0.4) is 0 Å². The van der Waals surface area contributed by atoms with Gasteiger partial charge >= 0.3 is 0 Å². The first-order valence-electron chi connectivity index (χ1n) is 5.99. The van der Waals surface area contributed by atoms with Gasteiger partial charge in [0.15, 0.2) is 11.5 Å². The van der Waals surface area contributed by atoms with Crippen molar-refractivity contribution < 1.29 is 9.47 Å². The number of rotatable bonds is 4. The molecular weight excluding hydrogens is 310 g/mol. The fourth-order valence-electron chi connectivity index (χ4n) is 2.03. The van der Waals surface area contributed by atoms with E-state index in [1.165, 1.54) is 0 Å². The zero-order valence-corrected chi connectivity index (χ0v) is 12.1. The highest BCUT2D eigenvalue weighted by atomic mass is 79.9. The lowest BCUT2D eigenvalue weighted by molar-refractivity contribution is 0.173. The first-order valence-corrected chi connectivity index (χ1v) is 6.79. The van der Waals surface area contributed by atoms with Crippen LogP contribution in [-0.4, -0.2) is 16.6 Å². The van der Waals surface area contributed by atoms with Crippen molar-refractivity contribution in [3.05, 3.63) is 40.1 Å². The molecule has 2 heterocycles. The van der Waals surface area contributed by atoms with Gasteiger partial charge in [-0.05, 0) is 39.7 Å². The fourth-order valence-corrected chi connectivity index (χ4v) is 2.64. The molecule has 1 aromatic carbocycles. The van der Waals surface area contributed by atoms with Crippen molar-refractivity contribution in [3.63, 3.8) is 0 Å². The van der Waals surface area contributed by atoms with E-state index in [0.717, 1.165) is 40.3 Å². The highest BCUT2D eigenvalue weighted by Crippen LogP contribution is 2.39. The Bertz CT molecular complexity index is 598. The van der Waals surface area contributed by atoms with Crippen LogP contribution < -0.4 is 14.8 Å². The predicted octanol–water partition coefficient (Wildman–Crippen LogP) is 2.20. The Balaban J connectivity index is 1.65. The smallest absolute Gasteiger partial charge is 0.231 e. The van der Waals surface area contributed by atoms with E-state index in [4.69, 9.17) is 9.47 Å². The van der Waals surface area contributed by atoms with Gasteiger partial charge in [0.25, 0.3) is 0 Å². The van der Waals surface area contributed by atoms with Crippen molar-refractivity contribution in [3.8, 4) is 11.5 Å². The lowest BCUT2D eigenvalue weighted by Gasteiger charge is -2.07. The average Bonchev–Trinajstić information content (AvgIpc) is 2.99. The summed E-state index contributed by atoms with van der Waals surface area (Å²) in [5.74, 6) is 1.59. The molecular formula is C13H14BrN3O2. The normalized spacial score (nSPS) is 12.9. The zero-order valence-electron chi connectivity index (χ0n) is 10.5. The number of nitrogens with one attached hydrogen (secondary N) is 1. The van der Waals surface area contributed by atoms with Crippen LogP contribution in [0, 0.1) is 0 Å². The molecule has 5 nitrogen and oxygen atoms in total. The number of aryl methyl sites for hydroxylation is 1. The minimum Gasteiger partial charge on any atom is -0.454 e. The van der Waals surface area contributed by atoms with Crippen molar-refractivity contribution in [2.24, 2.45) is 7.05 Å². The van der Waals surface area contributed by atoms with Gasteiger partial charge in [-0.25, -0.2) is 0 Å². The van der Waals surface area contributed by atoms with Crippen LogP contribution in [-0.2, 0) is 20.1 Å². The molecule has 0 aliphatic carbocycles. The van der Waals surface area contributed by atoms with Crippen molar-refractivity contribution in [2.75, 3.05) is 6.79 Å². The van der Waals surface area contributed by atoms with E-state index in [1.807, 2.05) is 29.9 Å². The van der Waals surface area contributed by atoms with E-state index >= 15 is 0 Å². The molecule has 0 radical (unpaired) electrons. The molecule has 100 valence electrons. The SMILES string of the molecule is Cn1nccc1CNCc1cc(Br)c2c(c1)OCO2. The second-order valence-electron chi connectivity index (χ2n) is 4.36. The van der Waals surface area contributed by atoms with Crippen LogP contribution in [0.25, 0.3) is 0 Å². The first kappa shape index (κ1) is 12.5. The highest BCUT2D eigenvalue weighted by molar-refractivity contribution is 9.10. The second kappa shape index (κ2) is 5.22. The molecule has 1 aromatic heterocycles. The van der Waals surface area contributed by atoms with E-state index < -0.39 is 0 Å². The second-order valence-corrected chi connectivity index (χ2v) is 5.22. The van der Waals surface area contributed by atoms with Crippen LogP contribution in [0.2, 0.25) is 0 Å². The number of fused-ring (bicyclic) bond motifs is 1. The summed E-state index contributed by atoms with van der Waals surface area (Å²) in [6.45, 7) is 1.84. The van der Waals surface area contributed by atoms with E-state index in [0.29, 0.717) is 6.79 Å². The summed E-state index contributed by atoms with van der Waals surface area (Å²) in [6, 6.07) is 6.05. The molecule has 0 saturated carbocycles. The maximum absolute atomic E-state index is 5.40. The molecule has 1 aliphatic rings. The topological polar surface area (TPSA) is 48.3 Å². The molecule has 2 aromatic rings. The molecule has 6 heteroatoms. The third-order valence-electron chi connectivity index (χ3n) is 3.04. The molecule has 19 heavy (non-hydrogen) atoms. The molecule has 0 amide bonds. The van der Waals surface area contributed by atoms with Gasteiger partial charge in [0, 0.05) is 26.3 Å². The maximum atomic E-state index is 5.40. The Labute approximate surface area is 119 Å². The monoisotopic (exact) mass is 323 g/mol. The highest BCUT2D eigenvalue weighted by Gasteiger charge is 2.17. The van der Waals surface area contributed by atoms with Gasteiger partial charge < -0.3 is 14.8 Å². The number of hydrogen-bond acceptors (Lipinski definition) is 4.